The molecule has 0 saturated heterocycles. The minimum atomic E-state index is 0.698. The first-order valence-corrected chi connectivity index (χ1v) is 5.70. The van der Waals surface area contributed by atoms with Crippen molar-refractivity contribution in [2.45, 2.75) is 25.7 Å². The second kappa shape index (κ2) is 2.83. The van der Waals surface area contributed by atoms with E-state index in [0.29, 0.717) is 5.92 Å². The van der Waals surface area contributed by atoms with Crippen LogP contribution in [0.4, 0.5) is 0 Å². The third kappa shape index (κ3) is 1.12. The molecule has 72 valence electrons. The number of halogens is 1. The molecule has 0 spiro atoms. The highest BCUT2D eigenvalue weighted by Gasteiger charge is 2.29. The predicted octanol–water partition coefficient (Wildman–Crippen LogP) is 3.28. The number of hydrogen-bond acceptors (Lipinski definition) is 1. The van der Waals surface area contributed by atoms with Gasteiger partial charge in [-0.2, -0.15) is 0 Å². The van der Waals surface area contributed by atoms with Gasteiger partial charge in [-0.3, -0.25) is 4.40 Å². The molecule has 2 aromatic heterocycles. The summed E-state index contributed by atoms with van der Waals surface area (Å²) in [5.74, 6) is 0.698. The highest BCUT2D eigenvalue weighted by Crippen LogP contribution is 2.43. The lowest BCUT2D eigenvalue weighted by atomic mass is 10.3. The molecule has 3 rings (SSSR count). The quantitative estimate of drug-likeness (QED) is 0.760. The Labute approximate surface area is 91.1 Å². The highest BCUT2D eigenvalue weighted by atomic mass is 79.9. The Morgan fingerprint density at radius 1 is 1.43 bits per heavy atom. The van der Waals surface area contributed by atoms with Gasteiger partial charge in [0.05, 0.1) is 5.69 Å². The lowest BCUT2D eigenvalue weighted by Gasteiger charge is -1.99. The number of aromatic nitrogens is 2. The van der Waals surface area contributed by atoms with Crippen LogP contribution in [-0.2, 0) is 0 Å². The molecule has 0 radical (unpaired) electrons. The zero-order valence-electron chi connectivity index (χ0n) is 8.00. The molecular formula is C11H11BrN2. The molecule has 0 atom stereocenters. The maximum absolute atomic E-state index is 4.65. The number of aryl methyl sites for hydroxylation is 1. The number of imidazole rings is 1. The molecule has 0 bridgehead atoms. The van der Waals surface area contributed by atoms with Crippen molar-refractivity contribution in [1.29, 1.82) is 0 Å². The van der Waals surface area contributed by atoms with Gasteiger partial charge in [-0.15, -0.1) is 0 Å². The Kier molecular flexibility index (Phi) is 1.71. The standard InChI is InChI=1S/C11H11BrN2/c1-7-3-2-4-9-13-10(8-5-6-8)11(12)14(7)9/h2-4,8H,5-6H2,1H3. The summed E-state index contributed by atoms with van der Waals surface area (Å²) in [4.78, 5) is 4.65. The van der Waals surface area contributed by atoms with E-state index in [1.54, 1.807) is 0 Å². The molecule has 0 aliphatic heterocycles. The van der Waals surface area contributed by atoms with Gasteiger partial charge in [-0.05, 0) is 47.8 Å². The van der Waals surface area contributed by atoms with Gasteiger partial charge in [-0.1, -0.05) is 6.07 Å². The molecule has 14 heavy (non-hydrogen) atoms. The second-order valence-corrected chi connectivity index (χ2v) is 4.67. The largest absolute Gasteiger partial charge is 0.291 e. The second-order valence-electron chi connectivity index (χ2n) is 3.92. The van der Waals surface area contributed by atoms with Crippen LogP contribution in [0.2, 0.25) is 0 Å². The van der Waals surface area contributed by atoms with Crippen LogP contribution in [0, 0.1) is 6.92 Å². The van der Waals surface area contributed by atoms with Crippen molar-refractivity contribution < 1.29 is 0 Å². The van der Waals surface area contributed by atoms with E-state index < -0.39 is 0 Å². The minimum absolute atomic E-state index is 0.698. The first-order valence-electron chi connectivity index (χ1n) is 4.91. The molecular weight excluding hydrogens is 240 g/mol. The summed E-state index contributed by atoms with van der Waals surface area (Å²) < 4.78 is 3.32. The smallest absolute Gasteiger partial charge is 0.138 e. The van der Waals surface area contributed by atoms with Crippen molar-refractivity contribution >= 4 is 21.6 Å². The van der Waals surface area contributed by atoms with Crippen molar-refractivity contribution in [3.05, 3.63) is 34.2 Å². The van der Waals surface area contributed by atoms with Crippen molar-refractivity contribution in [2.75, 3.05) is 0 Å². The molecule has 2 aromatic rings. The summed E-state index contributed by atoms with van der Waals surface area (Å²) in [7, 11) is 0. The van der Waals surface area contributed by atoms with E-state index in [1.165, 1.54) is 24.2 Å². The van der Waals surface area contributed by atoms with E-state index in [4.69, 9.17) is 0 Å². The normalized spacial score (nSPS) is 16.4. The van der Waals surface area contributed by atoms with Crippen molar-refractivity contribution in [3.63, 3.8) is 0 Å². The number of rotatable bonds is 1. The van der Waals surface area contributed by atoms with E-state index >= 15 is 0 Å². The number of hydrogen-bond donors (Lipinski definition) is 0. The number of pyridine rings is 1. The Hall–Kier alpha value is -0.830. The summed E-state index contributed by atoms with van der Waals surface area (Å²) in [6.07, 6.45) is 2.59. The first kappa shape index (κ1) is 8.48. The van der Waals surface area contributed by atoms with Crippen LogP contribution in [0.15, 0.2) is 22.8 Å². The maximum atomic E-state index is 4.65. The molecule has 0 aromatic carbocycles. The predicted molar refractivity (Wildman–Crippen MR) is 59.6 cm³/mol. The molecule has 0 N–H and O–H groups in total. The van der Waals surface area contributed by atoms with Gasteiger partial charge in [0.25, 0.3) is 0 Å². The summed E-state index contributed by atoms with van der Waals surface area (Å²) in [6, 6.07) is 6.22. The van der Waals surface area contributed by atoms with Crippen LogP contribution >= 0.6 is 15.9 Å². The third-order valence-corrected chi connectivity index (χ3v) is 3.53. The highest BCUT2D eigenvalue weighted by molar-refractivity contribution is 9.10. The van der Waals surface area contributed by atoms with Crippen LogP contribution in [0.3, 0.4) is 0 Å². The van der Waals surface area contributed by atoms with Crippen LogP contribution in [0.5, 0.6) is 0 Å². The zero-order valence-corrected chi connectivity index (χ0v) is 9.58. The van der Waals surface area contributed by atoms with E-state index in [1.807, 2.05) is 0 Å². The minimum Gasteiger partial charge on any atom is -0.291 e. The Morgan fingerprint density at radius 3 is 2.86 bits per heavy atom. The fraction of sp³-hybridized carbons (Fsp3) is 0.364. The van der Waals surface area contributed by atoms with Crippen LogP contribution < -0.4 is 0 Å². The molecule has 1 saturated carbocycles. The van der Waals surface area contributed by atoms with Crippen molar-refractivity contribution in [3.8, 4) is 0 Å². The Bertz CT molecular complexity index is 497. The molecule has 3 heteroatoms. The van der Waals surface area contributed by atoms with Crippen LogP contribution in [0.1, 0.15) is 30.1 Å². The summed E-state index contributed by atoms with van der Waals surface area (Å²) in [5, 5.41) is 0. The Balaban J connectivity index is 2.34. The summed E-state index contributed by atoms with van der Waals surface area (Å²) in [6.45, 7) is 2.11. The summed E-state index contributed by atoms with van der Waals surface area (Å²) >= 11 is 3.64. The maximum Gasteiger partial charge on any atom is 0.138 e. The lowest BCUT2D eigenvalue weighted by molar-refractivity contribution is 1.02. The molecule has 2 nitrogen and oxygen atoms in total. The molecule has 2 heterocycles. The van der Waals surface area contributed by atoms with Gasteiger partial charge in [0.2, 0.25) is 0 Å². The van der Waals surface area contributed by atoms with E-state index in [-0.39, 0.29) is 0 Å². The fourth-order valence-electron chi connectivity index (χ4n) is 1.85. The van der Waals surface area contributed by atoms with Gasteiger partial charge >= 0.3 is 0 Å². The van der Waals surface area contributed by atoms with Gasteiger partial charge in [0.15, 0.2) is 0 Å². The summed E-state index contributed by atoms with van der Waals surface area (Å²) in [5.41, 5.74) is 3.52. The lowest BCUT2D eigenvalue weighted by Crippen LogP contribution is -1.89. The van der Waals surface area contributed by atoms with Gasteiger partial charge in [0.1, 0.15) is 10.3 Å². The number of nitrogens with zero attached hydrogens (tertiary/aromatic N) is 2. The zero-order chi connectivity index (χ0) is 9.71. The topological polar surface area (TPSA) is 17.3 Å². The fourth-order valence-corrected chi connectivity index (χ4v) is 2.72. The van der Waals surface area contributed by atoms with E-state index in [0.717, 1.165) is 10.3 Å². The monoisotopic (exact) mass is 250 g/mol. The average molecular weight is 251 g/mol. The van der Waals surface area contributed by atoms with Gasteiger partial charge < -0.3 is 0 Å². The molecule has 0 amide bonds. The van der Waals surface area contributed by atoms with Gasteiger partial charge in [-0.25, -0.2) is 4.98 Å². The Morgan fingerprint density at radius 2 is 2.21 bits per heavy atom. The molecule has 1 fully saturated rings. The van der Waals surface area contributed by atoms with E-state index in [2.05, 4.69) is 50.4 Å². The van der Waals surface area contributed by atoms with Crippen LogP contribution in [-0.4, -0.2) is 9.38 Å². The number of fused-ring (bicyclic) bond motifs is 1. The van der Waals surface area contributed by atoms with Gasteiger partial charge in [0, 0.05) is 11.6 Å². The third-order valence-electron chi connectivity index (χ3n) is 2.77. The molecule has 1 aliphatic carbocycles. The average Bonchev–Trinajstić information content (AvgIpc) is 2.93. The molecule has 1 aliphatic rings. The molecule has 0 unspecified atom stereocenters. The van der Waals surface area contributed by atoms with Crippen molar-refractivity contribution in [1.82, 2.24) is 9.38 Å². The van der Waals surface area contributed by atoms with E-state index in [9.17, 15) is 0 Å². The van der Waals surface area contributed by atoms with Crippen molar-refractivity contribution in [2.24, 2.45) is 0 Å². The SMILES string of the molecule is Cc1cccc2nc(C3CC3)c(Br)n12. The van der Waals surface area contributed by atoms with Crippen LogP contribution in [0.25, 0.3) is 5.65 Å². The first-order chi connectivity index (χ1) is 6.77.